The average molecular weight is 221 g/mol. The second kappa shape index (κ2) is 4.75. The van der Waals surface area contributed by atoms with Crippen LogP contribution in [0.5, 0.6) is 0 Å². The molecule has 1 N–H and O–H groups in total. The molecule has 1 saturated heterocycles. The molecule has 1 aliphatic heterocycles. The van der Waals surface area contributed by atoms with Crippen LogP contribution >= 0.6 is 0 Å². The van der Waals surface area contributed by atoms with E-state index in [0.29, 0.717) is 13.2 Å². The van der Waals surface area contributed by atoms with Gasteiger partial charge in [0.05, 0.1) is 24.5 Å². The van der Waals surface area contributed by atoms with Crippen molar-refractivity contribution < 1.29 is 17.9 Å². The minimum absolute atomic E-state index is 0.0335. The number of ether oxygens (including phenoxy) is 1. The quantitative estimate of drug-likeness (QED) is 0.640. The highest BCUT2D eigenvalue weighted by Crippen LogP contribution is 2.05. The van der Waals surface area contributed by atoms with E-state index in [1.165, 1.54) is 0 Å². The lowest BCUT2D eigenvalue weighted by Gasteiger charge is -2.22. The van der Waals surface area contributed by atoms with Gasteiger partial charge >= 0.3 is 5.97 Å². The Morgan fingerprint density at radius 1 is 1.57 bits per heavy atom. The Bertz CT molecular complexity index is 298. The highest BCUT2D eigenvalue weighted by atomic mass is 32.2. The molecule has 1 rings (SSSR count). The highest BCUT2D eigenvalue weighted by Gasteiger charge is 2.26. The van der Waals surface area contributed by atoms with Crippen LogP contribution in [0, 0.1) is 0 Å². The number of carbonyl (C=O) groups is 1. The molecule has 0 aromatic heterocycles. The van der Waals surface area contributed by atoms with Crippen molar-refractivity contribution in [2.75, 3.05) is 24.7 Å². The molecule has 0 radical (unpaired) electrons. The van der Waals surface area contributed by atoms with Gasteiger partial charge in [-0.3, -0.25) is 4.79 Å². The smallest absolute Gasteiger partial charge is 0.307 e. The molecule has 1 heterocycles. The van der Waals surface area contributed by atoms with Crippen molar-refractivity contribution in [1.29, 1.82) is 0 Å². The second-order valence-corrected chi connectivity index (χ2v) is 5.50. The molecule has 1 aliphatic rings. The van der Waals surface area contributed by atoms with Crippen molar-refractivity contribution in [3.63, 3.8) is 0 Å². The Kier molecular flexibility index (Phi) is 3.88. The standard InChI is InChI=1S/C8H15NO4S/c1-2-13-8(10)5-7-6-14(11,12)4-3-9-7/h7,9H,2-6H2,1H3. The normalized spacial score (nSPS) is 25.6. The maximum atomic E-state index is 11.2. The summed E-state index contributed by atoms with van der Waals surface area (Å²) >= 11 is 0. The number of carbonyl (C=O) groups excluding carboxylic acids is 1. The Morgan fingerprint density at radius 2 is 2.29 bits per heavy atom. The SMILES string of the molecule is CCOC(=O)CC1CS(=O)(=O)CCN1. The van der Waals surface area contributed by atoms with Crippen LogP contribution in [0.3, 0.4) is 0 Å². The summed E-state index contributed by atoms with van der Waals surface area (Å²) in [6.45, 7) is 2.48. The molecule has 1 fully saturated rings. The lowest BCUT2D eigenvalue weighted by atomic mass is 10.2. The predicted molar refractivity (Wildman–Crippen MR) is 51.7 cm³/mol. The summed E-state index contributed by atoms with van der Waals surface area (Å²) < 4.78 is 27.2. The van der Waals surface area contributed by atoms with Gasteiger partial charge in [0.25, 0.3) is 0 Å². The number of hydrogen-bond donors (Lipinski definition) is 1. The Hall–Kier alpha value is -0.620. The zero-order valence-electron chi connectivity index (χ0n) is 8.15. The van der Waals surface area contributed by atoms with E-state index in [1.807, 2.05) is 0 Å². The van der Waals surface area contributed by atoms with Gasteiger partial charge in [-0.2, -0.15) is 0 Å². The van der Waals surface area contributed by atoms with Crippen LogP contribution in [0.4, 0.5) is 0 Å². The molecule has 6 heteroatoms. The molecular formula is C8H15NO4S. The number of esters is 1. The molecule has 0 aromatic rings. The lowest BCUT2D eigenvalue weighted by Crippen LogP contribution is -2.46. The summed E-state index contributed by atoms with van der Waals surface area (Å²) in [5.74, 6) is -0.153. The van der Waals surface area contributed by atoms with Crippen LogP contribution in [-0.4, -0.2) is 45.1 Å². The van der Waals surface area contributed by atoms with Crippen molar-refractivity contribution in [3.05, 3.63) is 0 Å². The topological polar surface area (TPSA) is 72.5 Å². The molecule has 14 heavy (non-hydrogen) atoms. The van der Waals surface area contributed by atoms with Gasteiger partial charge in [-0.1, -0.05) is 0 Å². The Balaban J connectivity index is 2.42. The van der Waals surface area contributed by atoms with Gasteiger partial charge in [-0.05, 0) is 6.92 Å². The second-order valence-electron chi connectivity index (χ2n) is 3.27. The van der Waals surface area contributed by atoms with Gasteiger partial charge in [0.1, 0.15) is 0 Å². The predicted octanol–water partition coefficient (Wildman–Crippen LogP) is -0.674. The molecule has 5 nitrogen and oxygen atoms in total. The minimum Gasteiger partial charge on any atom is -0.466 e. The first kappa shape index (κ1) is 11.5. The average Bonchev–Trinajstić information content (AvgIpc) is 2.02. The van der Waals surface area contributed by atoms with Gasteiger partial charge in [0.15, 0.2) is 9.84 Å². The van der Waals surface area contributed by atoms with Crippen LogP contribution in [-0.2, 0) is 19.4 Å². The van der Waals surface area contributed by atoms with Crippen LogP contribution in [0.15, 0.2) is 0 Å². The minimum atomic E-state index is -2.96. The monoisotopic (exact) mass is 221 g/mol. The first-order chi connectivity index (χ1) is 6.53. The Labute approximate surface area is 83.7 Å². The van der Waals surface area contributed by atoms with Crippen molar-refractivity contribution >= 4 is 15.8 Å². The van der Waals surface area contributed by atoms with Gasteiger partial charge in [-0.25, -0.2) is 8.42 Å². The van der Waals surface area contributed by atoms with Gasteiger partial charge < -0.3 is 10.1 Å². The Morgan fingerprint density at radius 3 is 2.86 bits per heavy atom. The largest absolute Gasteiger partial charge is 0.466 e. The van der Waals surface area contributed by atoms with Crippen molar-refractivity contribution in [2.45, 2.75) is 19.4 Å². The van der Waals surface area contributed by atoms with Crippen LogP contribution in [0.2, 0.25) is 0 Å². The van der Waals surface area contributed by atoms with E-state index >= 15 is 0 Å². The van der Waals surface area contributed by atoms with E-state index in [2.05, 4.69) is 5.32 Å². The summed E-state index contributed by atoms with van der Waals surface area (Å²) in [4.78, 5) is 11.1. The summed E-state index contributed by atoms with van der Waals surface area (Å²) in [6.07, 6.45) is 0.132. The molecule has 0 saturated carbocycles. The summed E-state index contributed by atoms with van der Waals surface area (Å²) in [5, 5.41) is 2.98. The van der Waals surface area contributed by atoms with E-state index in [0.717, 1.165) is 0 Å². The molecule has 0 aliphatic carbocycles. The maximum absolute atomic E-state index is 11.2. The van der Waals surface area contributed by atoms with Crippen molar-refractivity contribution in [2.24, 2.45) is 0 Å². The number of sulfone groups is 1. The molecule has 1 unspecified atom stereocenters. The lowest BCUT2D eigenvalue weighted by molar-refractivity contribution is -0.143. The molecule has 1 atom stereocenters. The fourth-order valence-corrected chi connectivity index (χ4v) is 2.86. The highest BCUT2D eigenvalue weighted by molar-refractivity contribution is 7.91. The fraction of sp³-hybridized carbons (Fsp3) is 0.875. The molecule has 0 aromatic carbocycles. The third kappa shape index (κ3) is 3.63. The maximum Gasteiger partial charge on any atom is 0.307 e. The fourth-order valence-electron chi connectivity index (χ4n) is 1.42. The van der Waals surface area contributed by atoms with Gasteiger partial charge in [-0.15, -0.1) is 0 Å². The zero-order valence-corrected chi connectivity index (χ0v) is 8.97. The number of nitrogens with one attached hydrogen (secondary N) is 1. The molecule has 0 spiro atoms. The summed E-state index contributed by atoms with van der Waals surface area (Å²) in [7, 11) is -2.96. The van der Waals surface area contributed by atoms with Crippen molar-refractivity contribution in [3.8, 4) is 0 Å². The first-order valence-corrected chi connectivity index (χ1v) is 6.45. The van der Waals surface area contributed by atoms with Crippen molar-refractivity contribution in [1.82, 2.24) is 5.32 Å². The van der Waals surface area contributed by atoms with E-state index in [1.54, 1.807) is 6.92 Å². The summed E-state index contributed by atoms with van der Waals surface area (Å²) in [5.41, 5.74) is 0. The first-order valence-electron chi connectivity index (χ1n) is 4.63. The van der Waals surface area contributed by atoms with E-state index in [9.17, 15) is 13.2 Å². The van der Waals surface area contributed by atoms with Crippen LogP contribution < -0.4 is 5.32 Å². The molecular weight excluding hydrogens is 206 g/mol. The third-order valence-corrected chi connectivity index (χ3v) is 3.76. The zero-order chi connectivity index (χ0) is 10.6. The number of rotatable bonds is 3. The van der Waals surface area contributed by atoms with Crippen LogP contribution in [0.1, 0.15) is 13.3 Å². The summed E-state index contributed by atoms with van der Waals surface area (Å²) in [6, 6.07) is -0.284. The molecule has 82 valence electrons. The molecule has 0 bridgehead atoms. The molecule has 0 amide bonds. The van der Waals surface area contributed by atoms with E-state index in [4.69, 9.17) is 4.74 Å². The van der Waals surface area contributed by atoms with E-state index < -0.39 is 9.84 Å². The van der Waals surface area contributed by atoms with Gasteiger partial charge in [0.2, 0.25) is 0 Å². The number of hydrogen-bond acceptors (Lipinski definition) is 5. The third-order valence-electron chi connectivity index (χ3n) is 2.02. The van der Waals surface area contributed by atoms with E-state index in [-0.39, 0.29) is 29.9 Å². The van der Waals surface area contributed by atoms with Crippen LogP contribution in [0.25, 0.3) is 0 Å². The van der Waals surface area contributed by atoms with Gasteiger partial charge in [0, 0.05) is 12.6 Å².